The number of hydrogen-bond donors (Lipinski definition) is 1. The Hall–Kier alpha value is -5.09. The van der Waals surface area contributed by atoms with E-state index in [0.29, 0.717) is 80.4 Å². The predicted octanol–water partition coefficient (Wildman–Crippen LogP) is 6.59. The van der Waals surface area contributed by atoms with Crippen LogP contribution in [0.25, 0.3) is 0 Å². The first-order valence-electron chi connectivity index (χ1n) is 14.2. The van der Waals surface area contributed by atoms with Crippen molar-refractivity contribution in [1.29, 1.82) is 0 Å². The number of hydrogen-bond acceptors (Lipinski definition) is 9. The first kappa shape index (κ1) is 34.4. The SMILES string of the molecule is C=CC(=O)OCCCCOc1ccc(C(=O)Nc2ccc(OC(=O)c3ccc(OCCCCOC(=O)C=C)cc3)c(Cl)c2)cc1. The number of halogens is 1. The van der Waals surface area contributed by atoms with Crippen LogP contribution in [0.1, 0.15) is 46.4 Å². The molecule has 0 unspecified atom stereocenters. The van der Waals surface area contributed by atoms with Gasteiger partial charge in [0.05, 0.1) is 37.0 Å². The Labute approximate surface area is 266 Å². The Morgan fingerprint density at radius 3 is 1.64 bits per heavy atom. The third-order valence-corrected chi connectivity index (χ3v) is 6.33. The molecule has 0 saturated carbocycles. The van der Waals surface area contributed by atoms with Gasteiger partial charge in [0.15, 0.2) is 0 Å². The molecule has 1 amide bonds. The first-order chi connectivity index (χ1) is 21.8. The van der Waals surface area contributed by atoms with Crippen molar-refractivity contribution in [3.63, 3.8) is 0 Å². The fourth-order valence-electron chi connectivity index (χ4n) is 3.66. The van der Waals surface area contributed by atoms with Crippen LogP contribution in [-0.4, -0.2) is 50.2 Å². The van der Waals surface area contributed by atoms with Crippen LogP contribution in [0.4, 0.5) is 5.69 Å². The summed E-state index contributed by atoms with van der Waals surface area (Å²) in [6, 6.07) is 17.7. The Morgan fingerprint density at radius 2 is 1.16 bits per heavy atom. The third-order valence-electron chi connectivity index (χ3n) is 6.04. The first-order valence-corrected chi connectivity index (χ1v) is 14.5. The van der Waals surface area contributed by atoms with Crippen LogP contribution in [-0.2, 0) is 19.1 Å². The number of esters is 3. The average molecular weight is 636 g/mol. The number of amides is 1. The highest BCUT2D eigenvalue weighted by Gasteiger charge is 2.14. The highest BCUT2D eigenvalue weighted by Crippen LogP contribution is 2.29. The maximum absolute atomic E-state index is 12.7. The molecular formula is C34H34ClNO9. The second-order valence-corrected chi connectivity index (χ2v) is 9.80. The van der Waals surface area contributed by atoms with Crippen molar-refractivity contribution < 1.29 is 42.9 Å². The van der Waals surface area contributed by atoms with E-state index in [1.54, 1.807) is 54.6 Å². The molecule has 0 atom stereocenters. The fraction of sp³-hybridized carbons (Fsp3) is 0.235. The van der Waals surface area contributed by atoms with Gasteiger partial charge in [-0.3, -0.25) is 4.79 Å². The number of unbranched alkanes of at least 4 members (excludes halogenated alkanes) is 2. The second kappa shape index (κ2) is 18.5. The number of carbonyl (C=O) groups is 4. The van der Waals surface area contributed by atoms with Gasteiger partial charge in [-0.05, 0) is 92.4 Å². The van der Waals surface area contributed by atoms with Crippen LogP contribution in [0.2, 0.25) is 5.02 Å². The molecule has 0 saturated heterocycles. The molecule has 3 aromatic carbocycles. The maximum atomic E-state index is 12.7. The molecule has 236 valence electrons. The second-order valence-electron chi connectivity index (χ2n) is 9.39. The van der Waals surface area contributed by atoms with Crippen molar-refractivity contribution in [2.75, 3.05) is 31.7 Å². The van der Waals surface area contributed by atoms with E-state index < -0.39 is 17.9 Å². The molecule has 0 aliphatic heterocycles. The average Bonchev–Trinajstić information content (AvgIpc) is 3.05. The van der Waals surface area contributed by atoms with E-state index in [4.69, 9.17) is 35.3 Å². The van der Waals surface area contributed by atoms with Crippen LogP contribution in [0.5, 0.6) is 17.2 Å². The lowest BCUT2D eigenvalue weighted by atomic mass is 10.2. The molecule has 0 aromatic heterocycles. The van der Waals surface area contributed by atoms with E-state index in [2.05, 4.69) is 18.5 Å². The molecule has 3 rings (SSSR count). The lowest BCUT2D eigenvalue weighted by Gasteiger charge is -2.11. The zero-order chi connectivity index (χ0) is 32.4. The normalized spacial score (nSPS) is 10.2. The molecule has 0 bridgehead atoms. The Morgan fingerprint density at radius 1 is 0.667 bits per heavy atom. The molecule has 3 aromatic rings. The topological polar surface area (TPSA) is 126 Å². The smallest absolute Gasteiger partial charge is 0.343 e. The summed E-state index contributed by atoms with van der Waals surface area (Å²) in [6.45, 7) is 8.13. The maximum Gasteiger partial charge on any atom is 0.343 e. The van der Waals surface area contributed by atoms with Gasteiger partial charge in [0, 0.05) is 23.4 Å². The lowest BCUT2D eigenvalue weighted by Crippen LogP contribution is -2.12. The van der Waals surface area contributed by atoms with Gasteiger partial charge in [-0.25, -0.2) is 14.4 Å². The molecule has 0 spiro atoms. The van der Waals surface area contributed by atoms with Gasteiger partial charge in [0.1, 0.15) is 17.2 Å². The number of anilines is 1. The minimum atomic E-state index is -0.609. The molecule has 0 radical (unpaired) electrons. The van der Waals surface area contributed by atoms with Gasteiger partial charge < -0.3 is 29.0 Å². The van der Waals surface area contributed by atoms with Gasteiger partial charge >= 0.3 is 17.9 Å². The van der Waals surface area contributed by atoms with E-state index in [9.17, 15) is 19.2 Å². The fourth-order valence-corrected chi connectivity index (χ4v) is 3.88. The third kappa shape index (κ3) is 12.2. The zero-order valence-electron chi connectivity index (χ0n) is 24.6. The van der Waals surface area contributed by atoms with Gasteiger partial charge in [-0.15, -0.1) is 0 Å². The van der Waals surface area contributed by atoms with Gasteiger partial charge in [0.25, 0.3) is 5.91 Å². The van der Waals surface area contributed by atoms with Crippen molar-refractivity contribution in [2.24, 2.45) is 0 Å². The molecular weight excluding hydrogens is 602 g/mol. The van der Waals surface area contributed by atoms with Gasteiger partial charge in [-0.1, -0.05) is 24.8 Å². The Balaban J connectivity index is 1.41. The van der Waals surface area contributed by atoms with Crippen LogP contribution in [0, 0.1) is 0 Å². The summed E-state index contributed by atoms with van der Waals surface area (Å²) in [7, 11) is 0. The van der Waals surface area contributed by atoms with Crippen molar-refractivity contribution in [2.45, 2.75) is 25.7 Å². The van der Waals surface area contributed by atoms with Crippen LogP contribution in [0.15, 0.2) is 92.0 Å². The molecule has 0 aliphatic carbocycles. The predicted molar refractivity (Wildman–Crippen MR) is 169 cm³/mol. The van der Waals surface area contributed by atoms with Crippen LogP contribution >= 0.6 is 11.6 Å². The molecule has 45 heavy (non-hydrogen) atoms. The van der Waals surface area contributed by atoms with E-state index in [1.165, 1.54) is 12.1 Å². The van der Waals surface area contributed by atoms with Crippen molar-refractivity contribution >= 4 is 41.1 Å². The van der Waals surface area contributed by atoms with Crippen LogP contribution in [0.3, 0.4) is 0 Å². The van der Waals surface area contributed by atoms with Crippen molar-refractivity contribution in [1.82, 2.24) is 0 Å². The number of rotatable bonds is 18. The summed E-state index contributed by atoms with van der Waals surface area (Å²) in [6.07, 6.45) is 4.92. The summed E-state index contributed by atoms with van der Waals surface area (Å²) < 4.78 is 26.6. The van der Waals surface area contributed by atoms with E-state index in [-0.39, 0.29) is 16.7 Å². The lowest BCUT2D eigenvalue weighted by molar-refractivity contribution is -0.138. The van der Waals surface area contributed by atoms with Crippen LogP contribution < -0.4 is 19.5 Å². The molecule has 0 heterocycles. The van der Waals surface area contributed by atoms with E-state index >= 15 is 0 Å². The quantitative estimate of drug-likeness (QED) is 0.0713. The number of benzene rings is 3. The number of ether oxygens (including phenoxy) is 5. The molecule has 10 nitrogen and oxygen atoms in total. The number of nitrogens with one attached hydrogen (secondary N) is 1. The Bertz CT molecular complexity index is 1470. The van der Waals surface area contributed by atoms with Gasteiger partial charge in [0.2, 0.25) is 0 Å². The summed E-state index contributed by atoms with van der Waals surface area (Å²) in [5.74, 6) is -0.552. The molecule has 0 aliphatic rings. The summed E-state index contributed by atoms with van der Waals surface area (Å²) in [4.78, 5) is 47.4. The highest BCUT2D eigenvalue weighted by molar-refractivity contribution is 6.32. The highest BCUT2D eigenvalue weighted by atomic mass is 35.5. The largest absolute Gasteiger partial charge is 0.494 e. The van der Waals surface area contributed by atoms with E-state index in [1.807, 2.05) is 0 Å². The van der Waals surface area contributed by atoms with Crippen molar-refractivity contribution in [3.8, 4) is 17.2 Å². The standard InChI is InChI=1S/C34H34ClNO9/c1-3-31(37)43-21-7-5-19-41-27-14-9-24(10-15-27)33(39)36-26-13-18-30(29(35)23-26)45-34(40)25-11-16-28(17-12-25)42-20-6-8-22-44-32(38)4-2/h3-4,9-18,23H,1-2,5-8,19-22H2,(H,36,39). The molecule has 0 fully saturated rings. The van der Waals surface area contributed by atoms with Crippen molar-refractivity contribution in [3.05, 3.63) is 108 Å². The summed E-state index contributed by atoms with van der Waals surface area (Å²) in [5, 5.41) is 2.90. The summed E-state index contributed by atoms with van der Waals surface area (Å²) in [5.41, 5.74) is 1.13. The molecule has 1 N–H and O–H groups in total. The Kier molecular flexibility index (Phi) is 14.2. The molecule has 11 heteroatoms. The van der Waals surface area contributed by atoms with E-state index in [0.717, 1.165) is 12.2 Å². The number of carbonyl (C=O) groups excluding carboxylic acids is 4. The minimum absolute atomic E-state index is 0.137. The monoisotopic (exact) mass is 635 g/mol. The zero-order valence-corrected chi connectivity index (χ0v) is 25.4. The minimum Gasteiger partial charge on any atom is -0.494 e. The summed E-state index contributed by atoms with van der Waals surface area (Å²) >= 11 is 6.33. The van der Waals surface area contributed by atoms with Gasteiger partial charge in [-0.2, -0.15) is 0 Å².